The Balaban J connectivity index is 1.82. The highest BCUT2D eigenvalue weighted by Crippen LogP contribution is 2.31. The molecule has 0 saturated heterocycles. The van der Waals surface area contributed by atoms with E-state index in [9.17, 15) is 0 Å². The molecule has 128 valence electrons. The second-order valence-corrected chi connectivity index (χ2v) is 6.66. The molecule has 4 aromatic rings. The van der Waals surface area contributed by atoms with E-state index in [0.717, 1.165) is 12.8 Å². The molecule has 0 fully saturated rings. The van der Waals surface area contributed by atoms with Crippen molar-refractivity contribution in [3.8, 4) is 11.1 Å². The quantitative estimate of drug-likeness (QED) is 0.366. The predicted octanol–water partition coefficient (Wildman–Crippen LogP) is 7.36. The highest BCUT2D eigenvalue weighted by molar-refractivity contribution is 6.09. The molecule has 1 heteroatoms. The van der Waals surface area contributed by atoms with Gasteiger partial charge in [-0.3, -0.25) is 0 Å². The van der Waals surface area contributed by atoms with Crippen LogP contribution in [0.5, 0.6) is 0 Å². The van der Waals surface area contributed by atoms with Crippen molar-refractivity contribution >= 4 is 27.4 Å². The molecule has 0 radical (unpaired) electrons. The molecule has 1 aromatic heterocycles. The lowest BCUT2D eigenvalue weighted by Crippen LogP contribution is -1.81. The van der Waals surface area contributed by atoms with Crippen LogP contribution in [0, 0.1) is 0 Å². The fourth-order valence-corrected chi connectivity index (χ4v) is 3.52. The largest absolute Gasteiger partial charge is 0.354 e. The maximum atomic E-state index is 3.98. The van der Waals surface area contributed by atoms with Crippen molar-refractivity contribution in [3.05, 3.63) is 91.0 Å². The van der Waals surface area contributed by atoms with E-state index in [-0.39, 0.29) is 0 Å². The molecule has 3 aromatic carbocycles. The maximum Gasteiger partial charge on any atom is 0.0471 e. The molecule has 1 nitrogen and oxygen atoms in total. The monoisotopic (exact) mass is 337 g/mol. The zero-order chi connectivity index (χ0) is 17.9. The molecule has 0 aliphatic rings. The molecule has 0 aliphatic heterocycles. The summed E-state index contributed by atoms with van der Waals surface area (Å²) in [7, 11) is 0. The van der Waals surface area contributed by atoms with Gasteiger partial charge in [0.2, 0.25) is 0 Å². The summed E-state index contributed by atoms with van der Waals surface area (Å²) in [6, 6.07) is 23.8. The first-order valence-corrected chi connectivity index (χ1v) is 9.24. The predicted molar refractivity (Wildman–Crippen MR) is 114 cm³/mol. The summed E-state index contributed by atoms with van der Waals surface area (Å²) in [5.41, 5.74) is 7.25. The second-order valence-electron chi connectivity index (χ2n) is 6.66. The molecule has 0 aliphatic carbocycles. The van der Waals surface area contributed by atoms with Crippen molar-refractivity contribution in [1.29, 1.82) is 0 Å². The van der Waals surface area contributed by atoms with Gasteiger partial charge in [-0.15, -0.1) is 0 Å². The van der Waals surface area contributed by atoms with E-state index in [2.05, 4.69) is 91.3 Å². The van der Waals surface area contributed by atoms with Crippen molar-refractivity contribution < 1.29 is 0 Å². The van der Waals surface area contributed by atoms with E-state index in [1.54, 1.807) is 0 Å². The number of fused-ring (bicyclic) bond motifs is 3. The van der Waals surface area contributed by atoms with Gasteiger partial charge in [-0.05, 0) is 40.8 Å². The Bertz CT molecular complexity index is 1100. The van der Waals surface area contributed by atoms with Gasteiger partial charge in [0.05, 0.1) is 0 Å². The third-order valence-electron chi connectivity index (χ3n) is 4.91. The number of nitrogens with one attached hydrogen (secondary N) is 1. The Kier molecular flexibility index (Phi) is 4.45. The van der Waals surface area contributed by atoms with Crippen molar-refractivity contribution in [2.24, 2.45) is 0 Å². The highest BCUT2D eigenvalue weighted by atomic mass is 14.7. The first-order valence-electron chi connectivity index (χ1n) is 9.24. The van der Waals surface area contributed by atoms with Gasteiger partial charge in [0.1, 0.15) is 0 Å². The summed E-state index contributed by atoms with van der Waals surface area (Å²) in [6.07, 6.45) is 6.44. The van der Waals surface area contributed by atoms with E-state index < -0.39 is 0 Å². The third-order valence-corrected chi connectivity index (χ3v) is 4.91. The molecule has 0 spiro atoms. The standard InChI is InChI=1S/C25H23N/c1-3-5-9-18(4-2)20-12-14-22-23-15-13-21(19-10-7-6-8-11-19)17-25(23)26-24(22)16-20/h4,6-17,26H,2-3,5H2,1H3/b18-9+. The van der Waals surface area contributed by atoms with Crippen molar-refractivity contribution in [2.45, 2.75) is 19.8 Å². The summed E-state index contributed by atoms with van der Waals surface area (Å²) in [6.45, 7) is 6.18. The normalized spacial score (nSPS) is 12.0. The lowest BCUT2D eigenvalue weighted by atomic mass is 10.0. The Morgan fingerprint density at radius 2 is 1.62 bits per heavy atom. The molecule has 0 amide bonds. The van der Waals surface area contributed by atoms with E-state index in [4.69, 9.17) is 0 Å². The molecule has 1 N–H and O–H groups in total. The zero-order valence-corrected chi connectivity index (χ0v) is 15.1. The number of rotatable bonds is 5. The van der Waals surface area contributed by atoms with Crippen LogP contribution in [-0.4, -0.2) is 4.98 Å². The number of hydrogen-bond donors (Lipinski definition) is 1. The van der Waals surface area contributed by atoms with Gasteiger partial charge in [-0.2, -0.15) is 0 Å². The maximum absolute atomic E-state index is 3.98. The minimum Gasteiger partial charge on any atom is -0.354 e. The summed E-state index contributed by atoms with van der Waals surface area (Å²) in [4.78, 5) is 3.60. The number of H-pyrrole nitrogens is 1. The second kappa shape index (κ2) is 7.05. The Hall–Kier alpha value is -3.06. The molecule has 26 heavy (non-hydrogen) atoms. The number of unbranched alkanes of at least 4 members (excludes halogenated alkanes) is 1. The number of aromatic amines is 1. The molecule has 4 rings (SSSR count). The number of aromatic nitrogens is 1. The number of hydrogen-bond acceptors (Lipinski definition) is 0. The van der Waals surface area contributed by atoms with Crippen molar-refractivity contribution in [2.75, 3.05) is 0 Å². The lowest BCUT2D eigenvalue weighted by Gasteiger charge is -2.03. The van der Waals surface area contributed by atoms with Crippen molar-refractivity contribution in [1.82, 2.24) is 4.98 Å². The fraction of sp³-hybridized carbons (Fsp3) is 0.120. The topological polar surface area (TPSA) is 15.8 Å². The SMILES string of the molecule is C=C/C(=C\CCC)c1ccc2c(c1)[nH]c1cc(-c3ccccc3)ccc12. The van der Waals surface area contributed by atoms with Crippen molar-refractivity contribution in [3.63, 3.8) is 0 Å². The van der Waals surface area contributed by atoms with Crippen LogP contribution in [0.25, 0.3) is 38.5 Å². The average Bonchev–Trinajstić information content (AvgIpc) is 3.06. The first-order chi connectivity index (χ1) is 12.8. The van der Waals surface area contributed by atoms with Gasteiger partial charge in [0.15, 0.2) is 0 Å². The van der Waals surface area contributed by atoms with Crippen LogP contribution in [0.3, 0.4) is 0 Å². The third kappa shape index (κ3) is 2.97. The minimum atomic E-state index is 1.08. The smallest absolute Gasteiger partial charge is 0.0471 e. The molecule has 0 bridgehead atoms. The average molecular weight is 337 g/mol. The van der Waals surface area contributed by atoms with Crippen LogP contribution in [0.2, 0.25) is 0 Å². The first kappa shape index (κ1) is 16.4. The molecule has 0 unspecified atom stereocenters. The molecular formula is C25H23N. The Morgan fingerprint density at radius 3 is 2.35 bits per heavy atom. The fourth-order valence-electron chi connectivity index (χ4n) is 3.52. The lowest BCUT2D eigenvalue weighted by molar-refractivity contribution is 0.960. The van der Waals surface area contributed by atoms with Gasteiger partial charge in [0, 0.05) is 21.8 Å². The van der Waals surface area contributed by atoms with Crippen LogP contribution >= 0.6 is 0 Å². The minimum absolute atomic E-state index is 1.08. The summed E-state index contributed by atoms with van der Waals surface area (Å²) < 4.78 is 0. The van der Waals surface area contributed by atoms with E-state index >= 15 is 0 Å². The zero-order valence-electron chi connectivity index (χ0n) is 15.1. The van der Waals surface area contributed by atoms with Crippen LogP contribution in [-0.2, 0) is 0 Å². The van der Waals surface area contributed by atoms with Gasteiger partial charge in [-0.25, -0.2) is 0 Å². The van der Waals surface area contributed by atoms with Gasteiger partial charge >= 0.3 is 0 Å². The van der Waals surface area contributed by atoms with Crippen LogP contribution in [0.4, 0.5) is 0 Å². The van der Waals surface area contributed by atoms with Gasteiger partial charge in [-0.1, -0.05) is 86.7 Å². The number of allylic oxidation sites excluding steroid dienone is 3. The molecular weight excluding hydrogens is 314 g/mol. The van der Waals surface area contributed by atoms with Gasteiger partial charge in [0.25, 0.3) is 0 Å². The van der Waals surface area contributed by atoms with E-state index in [0.29, 0.717) is 0 Å². The van der Waals surface area contributed by atoms with Crippen LogP contribution < -0.4 is 0 Å². The number of benzene rings is 3. The summed E-state index contributed by atoms with van der Waals surface area (Å²) in [5, 5.41) is 2.53. The Labute approximate surface area is 154 Å². The summed E-state index contributed by atoms with van der Waals surface area (Å²) >= 11 is 0. The highest BCUT2D eigenvalue weighted by Gasteiger charge is 2.08. The molecule has 1 heterocycles. The molecule has 0 saturated carbocycles. The van der Waals surface area contributed by atoms with Crippen LogP contribution in [0.15, 0.2) is 85.5 Å². The van der Waals surface area contributed by atoms with E-state index in [1.165, 1.54) is 44.1 Å². The van der Waals surface area contributed by atoms with Crippen LogP contribution in [0.1, 0.15) is 25.3 Å². The van der Waals surface area contributed by atoms with E-state index in [1.807, 2.05) is 6.08 Å². The summed E-state index contributed by atoms with van der Waals surface area (Å²) in [5.74, 6) is 0. The molecule has 0 atom stereocenters. The Morgan fingerprint density at radius 1 is 0.885 bits per heavy atom. The van der Waals surface area contributed by atoms with Gasteiger partial charge < -0.3 is 4.98 Å².